The molecule has 1 aromatic rings. The molecule has 2 unspecified atom stereocenters. The Labute approximate surface area is 114 Å². The number of hydrogen-bond acceptors (Lipinski definition) is 4. The Morgan fingerprint density at radius 1 is 1.39 bits per heavy atom. The topological polar surface area (TPSA) is 37.0 Å². The van der Waals surface area contributed by atoms with E-state index in [4.69, 9.17) is 0 Å². The quantitative estimate of drug-likeness (QED) is 0.853. The molecule has 1 aliphatic rings. The molecule has 18 heavy (non-hydrogen) atoms. The summed E-state index contributed by atoms with van der Waals surface area (Å²) < 4.78 is 0. The van der Waals surface area contributed by atoms with Crippen LogP contribution in [0.25, 0.3) is 0 Å². The summed E-state index contributed by atoms with van der Waals surface area (Å²) in [6, 6.07) is 4.77. The largest absolute Gasteiger partial charge is 0.381 e. The van der Waals surface area contributed by atoms with E-state index >= 15 is 0 Å². The number of aromatic nitrogens is 1. The van der Waals surface area contributed by atoms with E-state index in [0.717, 1.165) is 17.6 Å². The van der Waals surface area contributed by atoms with E-state index in [2.05, 4.69) is 40.9 Å². The zero-order valence-corrected chi connectivity index (χ0v) is 12.1. The summed E-state index contributed by atoms with van der Waals surface area (Å²) in [5, 5.41) is 7.68. The van der Waals surface area contributed by atoms with Gasteiger partial charge in [-0.2, -0.15) is 11.8 Å². The zero-order valence-electron chi connectivity index (χ0n) is 11.3. The highest BCUT2D eigenvalue weighted by Gasteiger charge is 2.23. The van der Waals surface area contributed by atoms with Gasteiger partial charge in [0.05, 0.1) is 0 Å². The fraction of sp³-hybridized carbons (Fsp3) is 0.643. The van der Waals surface area contributed by atoms with Crippen LogP contribution in [0.2, 0.25) is 0 Å². The van der Waals surface area contributed by atoms with Crippen molar-refractivity contribution in [2.24, 2.45) is 0 Å². The molecule has 0 aromatic carbocycles. The van der Waals surface area contributed by atoms with Crippen LogP contribution in [0.4, 0.5) is 11.5 Å². The van der Waals surface area contributed by atoms with Crippen LogP contribution in [0.5, 0.6) is 0 Å². The highest BCUT2D eigenvalue weighted by atomic mass is 32.2. The molecule has 100 valence electrons. The Morgan fingerprint density at radius 2 is 2.22 bits per heavy atom. The maximum absolute atomic E-state index is 4.31. The first-order chi connectivity index (χ1) is 8.83. The zero-order chi connectivity index (χ0) is 12.8. The first-order valence-corrected chi connectivity index (χ1v) is 8.11. The predicted molar refractivity (Wildman–Crippen MR) is 81.6 cm³/mol. The van der Waals surface area contributed by atoms with Crippen molar-refractivity contribution in [3.63, 3.8) is 0 Å². The second-order valence-electron chi connectivity index (χ2n) is 4.77. The van der Waals surface area contributed by atoms with Gasteiger partial charge in [0.1, 0.15) is 5.82 Å². The van der Waals surface area contributed by atoms with Crippen molar-refractivity contribution in [3.8, 4) is 0 Å². The summed E-state index contributed by atoms with van der Waals surface area (Å²) in [7, 11) is 0. The first kappa shape index (κ1) is 13.5. The maximum Gasteiger partial charge on any atom is 0.127 e. The van der Waals surface area contributed by atoms with Crippen LogP contribution in [0.1, 0.15) is 32.6 Å². The monoisotopic (exact) mass is 265 g/mol. The summed E-state index contributed by atoms with van der Waals surface area (Å²) in [6.07, 6.45) is 9.44. The Balaban J connectivity index is 2.00. The van der Waals surface area contributed by atoms with E-state index < -0.39 is 0 Å². The highest BCUT2D eigenvalue weighted by Crippen LogP contribution is 2.29. The van der Waals surface area contributed by atoms with Crippen molar-refractivity contribution in [2.45, 2.75) is 43.9 Å². The van der Waals surface area contributed by atoms with Crippen molar-refractivity contribution in [1.82, 2.24) is 4.98 Å². The molecule has 1 fully saturated rings. The fourth-order valence-corrected chi connectivity index (χ4v) is 3.49. The van der Waals surface area contributed by atoms with Gasteiger partial charge in [-0.05, 0) is 32.1 Å². The molecule has 1 heterocycles. The predicted octanol–water partition coefficient (Wildman–Crippen LogP) is 3.60. The number of anilines is 2. The van der Waals surface area contributed by atoms with Crippen molar-refractivity contribution >= 4 is 23.3 Å². The Hall–Kier alpha value is -0.900. The molecule has 0 spiro atoms. The van der Waals surface area contributed by atoms with Crippen LogP contribution in [0, 0.1) is 0 Å². The molecular formula is C14H23N3S. The molecule has 2 N–H and O–H groups in total. The molecule has 0 radical (unpaired) electrons. The van der Waals surface area contributed by atoms with Gasteiger partial charge in [0.25, 0.3) is 0 Å². The standard InChI is InChI=1S/C14H23N3S/c1-3-15-14-10-11(8-9-16-14)17-12-6-4-5-7-13(12)18-2/h8-10,12-13H,3-7H2,1-2H3,(H2,15,16,17). The molecule has 1 aromatic heterocycles. The molecule has 0 aliphatic heterocycles. The van der Waals surface area contributed by atoms with Gasteiger partial charge < -0.3 is 10.6 Å². The minimum Gasteiger partial charge on any atom is -0.381 e. The van der Waals surface area contributed by atoms with Gasteiger partial charge in [0.2, 0.25) is 0 Å². The number of rotatable bonds is 5. The van der Waals surface area contributed by atoms with Crippen molar-refractivity contribution < 1.29 is 0 Å². The average molecular weight is 265 g/mol. The van der Waals surface area contributed by atoms with Crippen LogP contribution < -0.4 is 10.6 Å². The summed E-state index contributed by atoms with van der Waals surface area (Å²) in [6.45, 7) is 3.00. The molecule has 3 nitrogen and oxygen atoms in total. The first-order valence-electron chi connectivity index (χ1n) is 6.82. The number of thioether (sulfide) groups is 1. The van der Waals surface area contributed by atoms with Gasteiger partial charge in [0, 0.05) is 35.8 Å². The van der Waals surface area contributed by atoms with E-state index in [0.29, 0.717) is 6.04 Å². The van der Waals surface area contributed by atoms with Crippen LogP contribution in [-0.4, -0.2) is 29.1 Å². The highest BCUT2D eigenvalue weighted by molar-refractivity contribution is 7.99. The lowest BCUT2D eigenvalue weighted by molar-refractivity contribution is 0.475. The Kier molecular flexibility index (Phi) is 5.17. The molecule has 0 saturated heterocycles. The number of nitrogens with zero attached hydrogens (tertiary/aromatic N) is 1. The third-order valence-corrected chi connectivity index (χ3v) is 4.64. The number of nitrogens with one attached hydrogen (secondary N) is 2. The van der Waals surface area contributed by atoms with Crippen molar-refractivity contribution in [3.05, 3.63) is 18.3 Å². The molecular weight excluding hydrogens is 242 g/mol. The van der Waals surface area contributed by atoms with Gasteiger partial charge in [-0.25, -0.2) is 4.98 Å². The van der Waals surface area contributed by atoms with Gasteiger partial charge in [0.15, 0.2) is 0 Å². The van der Waals surface area contributed by atoms with Crippen LogP contribution >= 0.6 is 11.8 Å². The van der Waals surface area contributed by atoms with Gasteiger partial charge >= 0.3 is 0 Å². The fourth-order valence-electron chi connectivity index (χ4n) is 2.56. The molecule has 1 saturated carbocycles. The van der Waals surface area contributed by atoms with Gasteiger partial charge in [-0.1, -0.05) is 12.8 Å². The van der Waals surface area contributed by atoms with Crippen molar-refractivity contribution in [1.29, 1.82) is 0 Å². The van der Waals surface area contributed by atoms with Crippen LogP contribution in [0.3, 0.4) is 0 Å². The third-order valence-electron chi connectivity index (χ3n) is 3.48. The Morgan fingerprint density at radius 3 is 3.00 bits per heavy atom. The minimum absolute atomic E-state index is 0.602. The lowest BCUT2D eigenvalue weighted by atomic mass is 9.94. The summed E-state index contributed by atoms with van der Waals surface area (Å²) >= 11 is 1.99. The Bertz CT molecular complexity index is 370. The molecule has 0 bridgehead atoms. The van der Waals surface area contributed by atoms with E-state index in [1.807, 2.05) is 18.0 Å². The van der Waals surface area contributed by atoms with Gasteiger partial charge in [-0.15, -0.1) is 0 Å². The minimum atomic E-state index is 0.602. The molecule has 2 rings (SSSR count). The summed E-state index contributed by atoms with van der Waals surface area (Å²) in [5.74, 6) is 0.957. The number of hydrogen-bond donors (Lipinski definition) is 2. The third kappa shape index (κ3) is 3.55. The second kappa shape index (κ2) is 6.88. The maximum atomic E-state index is 4.31. The summed E-state index contributed by atoms with van der Waals surface area (Å²) in [5.41, 5.74) is 1.19. The molecule has 1 aliphatic carbocycles. The van der Waals surface area contributed by atoms with E-state index in [9.17, 15) is 0 Å². The molecule has 0 amide bonds. The second-order valence-corrected chi connectivity index (χ2v) is 5.85. The molecule has 2 atom stereocenters. The normalized spacial score (nSPS) is 23.7. The smallest absolute Gasteiger partial charge is 0.127 e. The van der Waals surface area contributed by atoms with Crippen LogP contribution in [0.15, 0.2) is 18.3 Å². The average Bonchev–Trinajstić information content (AvgIpc) is 2.40. The van der Waals surface area contributed by atoms with E-state index in [-0.39, 0.29) is 0 Å². The van der Waals surface area contributed by atoms with E-state index in [1.54, 1.807) is 0 Å². The number of pyridine rings is 1. The molecule has 4 heteroatoms. The lowest BCUT2D eigenvalue weighted by Crippen LogP contribution is -2.34. The van der Waals surface area contributed by atoms with Gasteiger partial charge in [-0.3, -0.25) is 0 Å². The lowest BCUT2D eigenvalue weighted by Gasteiger charge is -2.31. The van der Waals surface area contributed by atoms with Crippen LogP contribution in [-0.2, 0) is 0 Å². The van der Waals surface area contributed by atoms with Crippen molar-refractivity contribution in [2.75, 3.05) is 23.4 Å². The summed E-state index contributed by atoms with van der Waals surface area (Å²) in [4.78, 5) is 4.31. The SMILES string of the molecule is CCNc1cc(NC2CCCCC2SC)ccn1. The van der Waals surface area contributed by atoms with E-state index in [1.165, 1.54) is 31.4 Å².